The molecule has 0 amide bonds. The Kier molecular flexibility index (Phi) is 6.44. The van der Waals surface area contributed by atoms with E-state index in [4.69, 9.17) is 9.47 Å². The molecule has 1 N–H and O–H groups in total. The molecule has 3 heterocycles. The summed E-state index contributed by atoms with van der Waals surface area (Å²) in [5.41, 5.74) is 6.03. The fourth-order valence-electron chi connectivity index (χ4n) is 3.83. The molecule has 1 atom stereocenters. The summed E-state index contributed by atoms with van der Waals surface area (Å²) in [5, 5.41) is 3.22. The normalized spacial score (nSPS) is 16.8. The number of benzene rings is 1. The predicted octanol–water partition coefficient (Wildman–Crippen LogP) is 4.12. The van der Waals surface area contributed by atoms with Crippen molar-refractivity contribution in [3.8, 4) is 5.75 Å². The average Bonchev–Trinajstić information content (AvgIpc) is 2.75. The smallest absolute Gasteiger partial charge is 0.227 e. The van der Waals surface area contributed by atoms with Crippen LogP contribution in [-0.2, 0) is 11.3 Å². The molecule has 1 aliphatic heterocycles. The summed E-state index contributed by atoms with van der Waals surface area (Å²) in [6.45, 7) is 9.17. The molecule has 1 aromatic carbocycles. The summed E-state index contributed by atoms with van der Waals surface area (Å²) in [6, 6.07) is 12.3. The molecule has 3 aromatic rings. The quantitative estimate of drug-likeness (QED) is 0.644. The zero-order chi connectivity index (χ0) is 21.8. The van der Waals surface area contributed by atoms with E-state index in [1.807, 2.05) is 38.2 Å². The number of hydrogen-bond acceptors (Lipinski definition) is 7. The van der Waals surface area contributed by atoms with Crippen LogP contribution in [0.15, 0.2) is 42.6 Å². The van der Waals surface area contributed by atoms with Crippen molar-refractivity contribution >= 4 is 11.6 Å². The molecule has 31 heavy (non-hydrogen) atoms. The van der Waals surface area contributed by atoms with E-state index in [2.05, 4.69) is 50.3 Å². The highest BCUT2D eigenvalue weighted by atomic mass is 16.5. The van der Waals surface area contributed by atoms with Crippen molar-refractivity contribution in [3.05, 3.63) is 70.8 Å². The first-order chi connectivity index (χ1) is 15.0. The van der Waals surface area contributed by atoms with Crippen LogP contribution in [0, 0.1) is 20.8 Å². The number of methoxy groups -OCH3 is 1. The van der Waals surface area contributed by atoms with Crippen LogP contribution >= 0.6 is 0 Å². The van der Waals surface area contributed by atoms with Gasteiger partial charge in [0.15, 0.2) is 0 Å². The van der Waals surface area contributed by atoms with Gasteiger partial charge in [0.2, 0.25) is 5.95 Å². The standard InChI is InChI=1S/C24H29N5O2/c1-16-5-6-19(22(11-16)30-4)14-29-9-10-31-23(15-29)21-8-7-20(13-25-21)28-24-26-17(2)12-18(3)27-24/h5-8,11-13,23H,9-10,14-15H2,1-4H3,(H,26,27,28). The number of hydrogen-bond donors (Lipinski definition) is 1. The first kappa shape index (κ1) is 21.2. The van der Waals surface area contributed by atoms with E-state index in [9.17, 15) is 0 Å². The number of rotatable bonds is 6. The third kappa shape index (κ3) is 5.37. The first-order valence-electron chi connectivity index (χ1n) is 10.5. The van der Waals surface area contributed by atoms with Gasteiger partial charge in [0.1, 0.15) is 11.9 Å². The summed E-state index contributed by atoms with van der Waals surface area (Å²) in [6.07, 6.45) is 1.75. The van der Waals surface area contributed by atoms with Gasteiger partial charge < -0.3 is 14.8 Å². The minimum absolute atomic E-state index is 0.0586. The Bertz CT molecular complexity index is 1020. The maximum atomic E-state index is 6.02. The summed E-state index contributed by atoms with van der Waals surface area (Å²) < 4.78 is 11.6. The lowest BCUT2D eigenvalue weighted by Gasteiger charge is -2.33. The van der Waals surface area contributed by atoms with Gasteiger partial charge in [-0.2, -0.15) is 0 Å². The highest BCUT2D eigenvalue weighted by Gasteiger charge is 2.24. The van der Waals surface area contributed by atoms with Crippen LogP contribution in [0.2, 0.25) is 0 Å². The monoisotopic (exact) mass is 419 g/mol. The van der Waals surface area contributed by atoms with Crippen LogP contribution in [0.5, 0.6) is 5.75 Å². The molecule has 0 aliphatic carbocycles. The molecule has 0 radical (unpaired) electrons. The molecule has 162 valence electrons. The van der Waals surface area contributed by atoms with Gasteiger partial charge >= 0.3 is 0 Å². The molecular formula is C24H29N5O2. The van der Waals surface area contributed by atoms with Crippen LogP contribution in [0.3, 0.4) is 0 Å². The first-order valence-corrected chi connectivity index (χ1v) is 10.5. The van der Waals surface area contributed by atoms with Crippen molar-refractivity contribution in [3.63, 3.8) is 0 Å². The molecule has 1 aliphatic rings. The van der Waals surface area contributed by atoms with Gasteiger partial charge in [-0.1, -0.05) is 12.1 Å². The number of nitrogens with one attached hydrogen (secondary N) is 1. The van der Waals surface area contributed by atoms with Gasteiger partial charge in [-0.3, -0.25) is 9.88 Å². The third-order valence-electron chi connectivity index (χ3n) is 5.34. The number of anilines is 2. The molecule has 0 saturated carbocycles. The van der Waals surface area contributed by atoms with Gasteiger partial charge in [-0.05, 0) is 50.6 Å². The molecule has 1 saturated heterocycles. The van der Waals surface area contributed by atoms with E-state index in [1.165, 1.54) is 11.1 Å². The SMILES string of the molecule is COc1cc(C)ccc1CN1CCOC(c2ccc(Nc3nc(C)cc(C)n3)cn2)C1. The molecule has 1 fully saturated rings. The van der Waals surface area contributed by atoms with E-state index in [1.54, 1.807) is 7.11 Å². The number of pyridine rings is 1. The zero-order valence-corrected chi connectivity index (χ0v) is 18.6. The van der Waals surface area contributed by atoms with Gasteiger partial charge in [0, 0.05) is 36.6 Å². The fraction of sp³-hybridized carbons (Fsp3) is 0.375. The van der Waals surface area contributed by atoms with Gasteiger partial charge in [-0.25, -0.2) is 9.97 Å². The van der Waals surface area contributed by atoms with Gasteiger partial charge in [0.25, 0.3) is 0 Å². The van der Waals surface area contributed by atoms with Gasteiger partial charge in [0.05, 0.1) is 31.3 Å². The lowest BCUT2D eigenvalue weighted by molar-refractivity contribution is -0.0351. The second-order valence-corrected chi connectivity index (χ2v) is 7.98. The van der Waals surface area contributed by atoms with Crippen LogP contribution < -0.4 is 10.1 Å². The summed E-state index contributed by atoms with van der Waals surface area (Å²) >= 11 is 0. The summed E-state index contributed by atoms with van der Waals surface area (Å²) in [5.74, 6) is 1.52. The van der Waals surface area contributed by atoms with Crippen molar-refractivity contribution in [1.82, 2.24) is 19.9 Å². The molecule has 7 heteroatoms. The number of aromatic nitrogens is 3. The number of nitrogens with zero attached hydrogens (tertiary/aromatic N) is 4. The number of ether oxygens (including phenoxy) is 2. The van der Waals surface area contributed by atoms with Crippen LogP contribution in [-0.4, -0.2) is 46.7 Å². The van der Waals surface area contributed by atoms with E-state index in [-0.39, 0.29) is 6.10 Å². The van der Waals surface area contributed by atoms with Crippen molar-refractivity contribution in [2.75, 3.05) is 32.1 Å². The maximum absolute atomic E-state index is 6.02. The Morgan fingerprint density at radius 3 is 2.61 bits per heavy atom. The third-order valence-corrected chi connectivity index (χ3v) is 5.34. The Morgan fingerprint density at radius 1 is 1.10 bits per heavy atom. The molecule has 2 aromatic heterocycles. The second kappa shape index (κ2) is 9.41. The minimum atomic E-state index is -0.0586. The van der Waals surface area contributed by atoms with Crippen molar-refractivity contribution in [2.24, 2.45) is 0 Å². The molecule has 0 spiro atoms. The Morgan fingerprint density at radius 2 is 1.90 bits per heavy atom. The Hall–Kier alpha value is -3.03. The van der Waals surface area contributed by atoms with E-state index < -0.39 is 0 Å². The van der Waals surface area contributed by atoms with Crippen LogP contribution in [0.25, 0.3) is 0 Å². The van der Waals surface area contributed by atoms with Crippen molar-refractivity contribution in [2.45, 2.75) is 33.4 Å². The second-order valence-electron chi connectivity index (χ2n) is 7.98. The van der Waals surface area contributed by atoms with Gasteiger partial charge in [-0.15, -0.1) is 0 Å². The average molecular weight is 420 g/mol. The van der Waals surface area contributed by atoms with E-state index >= 15 is 0 Å². The largest absolute Gasteiger partial charge is 0.496 e. The molecular weight excluding hydrogens is 390 g/mol. The molecule has 0 bridgehead atoms. The highest BCUT2D eigenvalue weighted by molar-refractivity contribution is 5.52. The summed E-state index contributed by atoms with van der Waals surface area (Å²) in [4.78, 5) is 15.9. The lowest BCUT2D eigenvalue weighted by atomic mass is 10.1. The minimum Gasteiger partial charge on any atom is -0.496 e. The maximum Gasteiger partial charge on any atom is 0.227 e. The van der Waals surface area contributed by atoms with Crippen molar-refractivity contribution in [1.29, 1.82) is 0 Å². The van der Waals surface area contributed by atoms with Crippen LogP contribution in [0.4, 0.5) is 11.6 Å². The topological polar surface area (TPSA) is 72.4 Å². The Labute approximate surface area is 183 Å². The highest BCUT2D eigenvalue weighted by Crippen LogP contribution is 2.26. The lowest BCUT2D eigenvalue weighted by Crippen LogP contribution is -2.38. The predicted molar refractivity (Wildman–Crippen MR) is 121 cm³/mol. The van der Waals surface area contributed by atoms with Crippen LogP contribution in [0.1, 0.15) is 34.3 Å². The van der Waals surface area contributed by atoms with Crippen molar-refractivity contribution < 1.29 is 9.47 Å². The molecule has 1 unspecified atom stereocenters. The molecule has 4 rings (SSSR count). The fourth-order valence-corrected chi connectivity index (χ4v) is 3.83. The zero-order valence-electron chi connectivity index (χ0n) is 18.6. The summed E-state index contributed by atoms with van der Waals surface area (Å²) in [7, 11) is 1.73. The number of aryl methyl sites for hydroxylation is 3. The van der Waals surface area contributed by atoms with E-state index in [0.29, 0.717) is 12.6 Å². The number of morpholine rings is 1. The molecule has 7 nitrogen and oxygen atoms in total. The Balaban J connectivity index is 1.41. The van der Waals surface area contributed by atoms with E-state index in [0.717, 1.165) is 48.2 Å².